The quantitative estimate of drug-likeness (QED) is 0.455. The first-order valence-electron chi connectivity index (χ1n) is 4.18. The molecule has 1 unspecified atom stereocenters. The van der Waals surface area contributed by atoms with Crippen LogP contribution in [-0.2, 0) is 9.47 Å². The van der Waals surface area contributed by atoms with Crippen LogP contribution in [0.3, 0.4) is 0 Å². The Bertz CT molecular complexity index is 75.7. The number of hydrogen-bond donors (Lipinski definition) is 1. The summed E-state index contributed by atoms with van der Waals surface area (Å²) in [6.45, 7) is 4.88. The summed E-state index contributed by atoms with van der Waals surface area (Å²) in [6.07, 6.45) is 2.11. The third-order valence-electron chi connectivity index (χ3n) is 1.34. The molecule has 68 valence electrons. The highest BCUT2D eigenvalue weighted by Gasteiger charge is 1.97. The molecule has 0 aliphatic heterocycles. The zero-order valence-electron chi connectivity index (χ0n) is 7.38. The van der Waals surface area contributed by atoms with E-state index in [4.69, 9.17) is 14.6 Å². The van der Waals surface area contributed by atoms with Crippen LogP contribution in [0.15, 0.2) is 0 Å². The van der Waals surface area contributed by atoms with Crippen molar-refractivity contribution >= 4 is 0 Å². The second-order valence-corrected chi connectivity index (χ2v) is 2.41. The topological polar surface area (TPSA) is 38.7 Å². The fourth-order valence-electron chi connectivity index (χ4n) is 0.550. The van der Waals surface area contributed by atoms with Gasteiger partial charge in [-0.1, -0.05) is 20.3 Å². The smallest absolute Gasteiger partial charge is 0.157 e. The first kappa shape index (κ1) is 10.9. The number of unbranched alkanes of at least 4 members (excludes halogenated alkanes) is 1. The van der Waals surface area contributed by atoms with E-state index in [0.29, 0.717) is 13.0 Å². The minimum absolute atomic E-state index is 0.203. The van der Waals surface area contributed by atoms with E-state index in [0.717, 1.165) is 12.8 Å². The zero-order chi connectivity index (χ0) is 8.53. The van der Waals surface area contributed by atoms with Crippen molar-refractivity contribution in [2.45, 2.75) is 39.4 Å². The lowest BCUT2D eigenvalue weighted by molar-refractivity contribution is -0.170. The summed E-state index contributed by atoms with van der Waals surface area (Å²) < 4.78 is 9.94. The number of aliphatic hydroxyl groups is 1. The third-order valence-corrected chi connectivity index (χ3v) is 1.34. The van der Waals surface area contributed by atoms with Gasteiger partial charge in [0.15, 0.2) is 6.29 Å². The lowest BCUT2D eigenvalue weighted by atomic mass is 10.4. The normalized spacial score (nSPS) is 13.4. The number of rotatable bonds is 7. The summed E-state index contributed by atoms with van der Waals surface area (Å²) >= 11 is 0. The summed E-state index contributed by atoms with van der Waals surface area (Å²) in [6, 6.07) is 0. The van der Waals surface area contributed by atoms with Crippen molar-refractivity contribution in [2.75, 3.05) is 13.4 Å². The molecule has 0 spiro atoms. The molecule has 0 aromatic carbocycles. The van der Waals surface area contributed by atoms with Gasteiger partial charge in [-0.25, -0.2) is 0 Å². The molecule has 11 heavy (non-hydrogen) atoms. The van der Waals surface area contributed by atoms with Gasteiger partial charge in [0.1, 0.15) is 6.79 Å². The monoisotopic (exact) mass is 162 g/mol. The first-order chi connectivity index (χ1) is 5.31. The Morgan fingerprint density at radius 1 is 1.36 bits per heavy atom. The maximum Gasteiger partial charge on any atom is 0.157 e. The van der Waals surface area contributed by atoms with Gasteiger partial charge in [-0.05, 0) is 12.8 Å². The van der Waals surface area contributed by atoms with Crippen LogP contribution in [0.4, 0.5) is 0 Å². The highest BCUT2D eigenvalue weighted by Crippen LogP contribution is 1.93. The average Bonchev–Trinajstić information content (AvgIpc) is 2.04. The van der Waals surface area contributed by atoms with E-state index in [9.17, 15) is 0 Å². The predicted molar refractivity (Wildman–Crippen MR) is 43.1 cm³/mol. The van der Waals surface area contributed by atoms with Crippen LogP contribution < -0.4 is 0 Å². The molecule has 3 heteroatoms. The maximum absolute atomic E-state index is 8.91. The SMILES string of the molecule is CCCCOCOC(O)CC. The molecule has 3 nitrogen and oxygen atoms in total. The Hall–Kier alpha value is -0.120. The largest absolute Gasteiger partial charge is 0.368 e. The predicted octanol–water partition coefficient (Wildman–Crippen LogP) is 1.51. The van der Waals surface area contributed by atoms with E-state index < -0.39 is 6.29 Å². The van der Waals surface area contributed by atoms with Gasteiger partial charge in [0, 0.05) is 6.61 Å². The number of ether oxygens (including phenoxy) is 2. The van der Waals surface area contributed by atoms with E-state index in [1.165, 1.54) is 0 Å². The van der Waals surface area contributed by atoms with Crippen molar-refractivity contribution in [3.63, 3.8) is 0 Å². The highest BCUT2D eigenvalue weighted by molar-refractivity contribution is 4.31. The van der Waals surface area contributed by atoms with Gasteiger partial charge in [0.25, 0.3) is 0 Å². The summed E-state index contributed by atoms with van der Waals surface area (Å²) in [4.78, 5) is 0. The second kappa shape index (κ2) is 7.98. The van der Waals surface area contributed by atoms with Crippen LogP contribution in [0.1, 0.15) is 33.1 Å². The maximum atomic E-state index is 8.91. The molecule has 0 aromatic rings. The molecular weight excluding hydrogens is 144 g/mol. The van der Waals surface area contributed by atoms with E-state index in [-0.39, 0.29) is 6.79 Å². The van der Waals surface area contributed by atoms with Gasteiger partial charge in [-0.2, -0.15) is 0 Å². The van der Waals surface area contributed by atoms with Gasteiger partial charge in [0.2, 0.25) is 0 Å². The fraction of sp³-hybridized carbons (Fsp3) is 1.00. The Labute approximate surface area is 68.3 Å². The van der Waals surface area contributed by atoms with Crippen LogP contribution in [-0.4, -0.2) is 24.8 Å². The molecule has 0 radical (unpaired) electrons. The second-order valence-electron chi connectivity index (χ2n) is 2.41. The summed E-state index contributed by atoms with van der Waals surface area (Å²) in [5, 5.41) is 8.91. The van der Waals surface area contributed by atoms with Gasteiger partial charge in [-0.15, -0.1) is 0 Å². The van der Waals surface area contributed by atoms with Crippen LogP contribution in [0.5, 0.6) is 0 Å². The van der Waals surface area contributed by atoms with Crippen molar-refractivity contribution in [1.29, 1.82) is 0 Å². The molecule has 1 N–H and O–H groups in total. The van der Waals surface area contributed by atoms with Gasteiger partial charge < -0.3 is 14.6 Å². The standard InChI is InChI=1S/C8H18O3/c1-3-5-6-10-7-11-8(9)4-2/h8-9H,3-7H2,1-2H3. The number of hydrogen-bond acceptors (Lipinski definition) is 3. The highest BCUT2D eigenvalue weighted by atomic mass is 16.7. The minimum atomic E-state index is -0.670. The van der Waals surface area contributed by atoms with E-state index in [2.05, 4.69) is 6.92 Å². The Morgan fingerprint density at radius 3 is 2.64 bits per heavy atom. The van der Waals surface area contributed by atoms with E-state index in [1.54, 1.807) is 0 Å². The Morgan fingerprint density at radius 2 is 2.09 bits per heavy atom. The van der Waals surface area contributed by atoms with Crippen molar-refractivity contribution in [2.24, 2.45) is 0 Å². The van der Waals surface area contributed by atoms with Gasteiger partial charge in [-0.3, -0.25) is 0 Å². The minimum Gasteiger partial charge on any atom is -0.368 e. The molecule has 0 saturated heterocycles. The third kappa shape index (κ3) is 7.78. The Balaban J connectivity index is 2.89. The van der Waals surface area contributed by atoms with Gasteiger partial charge in [0.05, 0.1) is 0 Å². The molecular formula is C8H18O3. The Kier molecular flexibility index (Phi) is 7.89. The molecule has 0 saturated carbocycles. The van der Waals surface area contributed by atoms with Crippen molar-refractivity contribution < 1.29 is 14.6 Å². The fourth-order valence-corrected chi connectivity index (χ4v) is 0.550. The van der Waals surface area contributed by atoms with Crippen molar-refractivity contribution in [1.82, 2.24) is 0 Å². The zero-order valence-corrected chi connectivity index (χ0v) is 7.38. The lowest BCUT2D eigenvalue weighted by Crippen LogP contribution is -2.13. The molecule has 0 aromatic heterocycles. The molecule has 0 fully saturated rings. The van der Waals surface area contributed by atoms with Crippen molar-refractivity contribution in [3.05, 3.63) is 0 Å². The first-order valence-corrected chi connectivity index (χ1v) is 4.18. The molecule has 0 bridgehead atoms. The summed E-state index contributed by atoms with van der Waals surface area (Å²) in [5.41, 5.74) is 0. The van der Waals surface area contributed by atoms with E-state index in [1.807, 2.05) is 6.92 Å². The lowest BCUT2D eigenvalue weighted by Gasteiger charge is -2.09. The van der Waals surface area contributed by atoms with Crippen LogP contribution >= 0.6 is 0 Å². The molecule has 0 rings (SSSR count). The number of aliphatic hydroxyl groups excluding tert-OH is 1. The average molecular weight is 162 g/mol. The van der Waals surface area contributed by atoms with E-state index >= 15 is 0 Å². The van der Waals surface area contributed by atoms with Crippen LogP contribution in [0.25, 0.3) is 0 Å². The van der Waals surface area contributed by atoms with Crippen LogP contribution in [0.2, 0.25) is 0 Å². The molecule has 0 heterocycles. The summed E-state index contributed by atoms with van der Waals surface area (Å²) in [5.74, 6) is 0. The molecule has 1 atom stereocenters. The van der Waals surface area contributed by atoms with Crippen LogP contribution in [0, 0.1) is 0 Å². The molecule has 0 aliphatic carbocycles. The molecule has 0 aliphatic rings. The molecule has 0 amide bonds. The van der Waals surface area contributed by atoms with Crippen molar-refractivity contribution in [3.8, 4) is 0 Å². The summed E-state index contributed by atoms with van der Waals surface area (Å²) in [7, 11) is 0. The van der Waals surface area contributed by atoms with Gasteiger partial charge >= 0.3 is 0 Å².